The number of carbonyl (C=O) groups excluding carboxylic acids is 2. The molecule has 0 N–H and O–H groups in total. The average molecular weight is 459 g/mol. The zero-order valence-corrected chi connectivity index (χ0v) is 19.1. The molecule has 34 heavy (non-hydrogen) atoms. The lowest BCUT2D eigenvalue weighted by atomic mass is 10.1. The molecule has 0 atom stereocenters. The molecule has 0 fully saturated rings. The summed E-state index contributed by atoms with van der Waals surface area (Å²) < 4.78 is 17.8. The van der Waals surface area contributed by atoms with Crippen molar-refractivity contribution in [2.45, 2.75) is 26.8 Å². The standard InChI is InChI=1S/C27H25NO6/c1-18-14-23(19(2)28(18)13-12-20-6-4-3-5-7-20)24(29)16-33-27(31)17-32-22-10-8-21-9-11-26(30)34-25(21)15-22/h3-11,14-15H,12-13,16-17H2,1-2H3. The topological polar surface area (TPSA) is 87.7 Å². The van der Waals surface area contributed by atoms with Crippen molar-refractivity contribution in [3.05, 3.63) is 99.7 Å². The second kappa shape index (κ2) is 10.2. The van der Waals surface area contributed by atoms with E-state index in [2.05, 4.69) is 16.7 Å². The Morgan fingerprint density at radius 1 is 0.941 bits per heavy atom. The van der Waals surface area contributed by atoms with Gasteiger partial charge in [0.25, 0.3) is 0 Å². The van der Waals surface area contributed by atoms with Gasteiger partial charge >= 0.3 is 11.6 Å². The molecule has 4 rings (SSSR count). The van der Waals surface area contributed by atoms with Crippen LogP contribution in [-0.2, 0) is 22.5 Å². The fourth-order valence-electron chi connectivity index (χ4n) is 3.85. The lowest BCUT2D eigenvalue weighted by Gasteiger charge is -2.10. The van der Waals surface area contributed by atoms with Gasteiger partial charge in [-0.15, -0.1) is 0 Å². The zero-order chi connectivity index (χ0) is 24.1. The van der Waals surface area contributed by atoms with Crippen LogP contribution < -0.4 is 10.4 Å². The number of aromatic nitrogens is 1. The fourth-order valence-corrected chi connectivity index (χ4v) is 3.85. The highest BCUT2D eigenvalue weighted by atomic mass is 16.6. The van der Waals surface area contributed by atoms with E-state index in [1.54, 1.807) is 18.2 Å². The minimum absolute atomic E-state index is 0.264. The Hall–Kier alpha value is -4.13. The third kappa shape index (κ3) is 5.43. The SMILES string of the molecule is Cc1cc(C(=O)COC(=O)COc2ccc3ccc(=O)oc3c2)c(C)n1CCc1ccccc1. The smallest absolute Gasteiger partial charge is 0.344 e. The number of hydrogen-bond acceptors (Lipinski definition) is 6. The number of nitrogens with zero attached hydrogens (tertiary/aromatic N) is 1. The Morgan fingerprint density at radius 2 is 1.71 bits per heavy atom. The molecule has 0 spiro atoms. The molecule has 2 aromatic carbocycles. The molecular weight excluding hydrogens is 434 g/mol. The molecule has 0 aliphatic rings. The van der Waals surface area contributed by atoms with E-state index < -0.39 is 11.6 Å². The first-order valence-electron chi connectivity index (χ1n) is 11.0. The molecule has 4 aromatic rings. The summed E-state index contributed by atoms with van der Waals surface area (Å²) in [6.45, 7) is 3.88. The molecule has 174 valence electrons. The molecule has 0 bridgehead atoms. The molecule has 0 unspecified atom stereocenters. The van der Waals surface area contributed by atoms with Gasteiger partial charge in [0.2, 0.25) is 5.78 Å². The van der Waals surface area contributed by atoms with Crippen LogP contribution in [0, 0.1) is 13.8 Å². The lowest BCUT2D eigenvalue weighted by Crippen LogP contribution is -2.20. The number of benzene rings is 2. The molecule has 2 heterocycles. The lowest BCUT2D eigenvalue weighted by molar-refractivity contribution is -0.144. The fraction of sp³-hybridized carbons (Fsp3) is 0.222. The van der Waals surface area contributed by atoms with Crippen LogP contribution in [0.25, 0.3) is 11.0 Å². The molecular formula is C27H25NO6. The summed E-state index contributed by atoms with van der Waals surface area (Å²) >= 11 is 0. The molecule has 0 radical (unpaired) electrons. The second-order valence-corrected chi connectivity index (χ2v) is 8.00. The van der Waals surface area contributed by atoms with Crippen molar-refractivity contribution >= 4 is 22.7 Å². The van der Waals surface area contributed by atoms with E-state index >= 15 is 0 Å². The molecule has 7 nitrogen and oxygen atoms in total. The van der Waals surface area contributed by atoms with Gasteiger partial charge < -0.3 is 18.5 Å². The van der Waals surface area contributed by atoms with Crippen LogP contribution in [0.3, 0.4) is 0 Å². The minimum Gasteiger partial charge on any atom is -0.482 e. The van der Waals surface area contributed by atoms with Crippen molar-refractivity contribution in [3.63, 3.8) is 0 Å². The summed E-state index contributed by atoms with van der Waals surface area (Å²) in [5.41, 5.74) is 3.49. The summed E-state index contributed by atoms with van der Waals surface area (Å²) in [4.78, 5) is 36.2. The maximum absolute atomic E-state index is 12.7. The third-order valence-corrected chi connectivity index (χ3v) is 5.66. The highest BCUT2D eigenvalue weighted by molar-refractivity contribution is 5.99. The van der Waals surface area contributed by atoms with Gasteiger partial charge in [0.05, 0.1) is 0 Å². The molecule has 0 aliphatic carbocycles. The van der Waals surface area contributed by atoms with Crippen LogP contribution >= 0.6 is 0 Å². The average Bonchev–Trinajstić information content (AvgIpc) is 3.13. The van der Waals surface area contributed by atoms with Gasteiger partial charge in [-0.05, 0) is 50.1 Å². The van der Waals surface area contributed by atoms with E-state index in [9.17, 15) is 14.4 Å². The molecule has 0 amide bonds. The van der Waals surface area contributed by atoms with E-state index in [0.717, 1.165) is 29.7 Å². The van der Waals surface area contributed by atoms with E-state index in [-0.39, 0.29) is 19.0 Å². The van der Waals surface area contributed by atoms with Crippen LogP contribution in [0.15, 0.2) is 75.9 Å². The van der Waals surface area contributed by atoms with Gasteiger partial charge in [0, 0.05) is 41.0 Å². The van der Waals surface area contributed by atoms with Crippen LogP contribution in [0.4, 0.5) is 0 Å². The van der Waals surface area contributed by atoms with Gasteiger partial charge in [0.15, 0.2) is 13.2 Å². The summed E-state index contributed by atoms with van der Waals surface area (Å²) in [6.07, 6.45) is 0.856. The first kappa shape index (κ1) is 23.0. The summed E-state index contributed by atoms with van der Waals surface area (Å²) in [6, 6.07) is 19.9. The number of aryl methyl sites for hydroxylation is 2. The molecule has 7 heteroatoms. The largest absolute Gasteiger partial charge is 0.482 e. The predicted molar refractivity (Wildman–Crippen MR) is 127 cm³/mol. The van der Waals surface area contributed by atoms with Crippen molar-refractivity contribution in [3.8, 4) is 5.75 Å². The Morgan fingerprint density at radius 3 is 2.50 bits per heavy atom. The van der Waals surface area contributed by atoms with Crippen LogP contribution in [0.2, 0.25) is 0 Å². The number of rotatable bonds is 9. The number of carbonyl (C=O) groups is 2. The summed E-state index contributed by atoms with van der Waals surface area (Å²) in [7, 11) is 0. The van der Waals surface area contributed by atoms with Crippen LogP contribution in [-0.4, -0.2) is 29.5 Å². The van der Waals surface area contributed by atoms with Crippen molar-refractivity contribution in [2.75, 3.05) is 13.2 Å². The number of esters is 1. The molecule has 0 saturated carbocycles. The van der Waals surface area contributed by atoms with Crippen molar-refractivity contribution in [1.82, 2.24) is 4.57 Å². The van der Waals surface area contributed by atoms with E-state index in [4.69, 9.17) is 13.9 Å². The quantitative estimate of drug-likeness (QED) is 0.211. The van der Waals surface area contributed by atoms with E-state index in [0.29, 0.717) is 16.9 Å². The van der Waals surface area contributed by atoms with Gasteiger partial charge in [-0.2, -0.15) is 0 Å². The summed E-state index contributed by atoms with van der Waals surface area (Å²) in [5.74, 6) is -0.576. The van der Waals surface area contributed by atoms with Gasteiger partial charge in [-0.1, -0.05) is 30.3 Å². The summed E-state index contributed by atoms with van der Waals surface area (Å²) in [5, 5.41) is 0.737. The monoisotopic (exact) mass is 459 g/mol. The van der Waals surface area contributed by atoms with Gasteiger partial charge in [-0.3, -0.25) is 4.79 Å². The minimum atomic E-state index is -0.666. The maximum atomic E-state index is 12.7. The second-order valence-electron chi connectivity index (χ2n) is 8.00. The van der Waals surface area contributed by atoms with E-state index in [1.165, 1.54) is 17.7 Å². The highest BCUT2D eigenvalue weighted by Gasteiger charge is 2.17. The van der Waals surface area contributed by atoms with E-state index in [1.807, 2.05) is 38.1 Å². The Labute approximate surface area is 196 Å². The Balaban J connectivity index is 1.31. The zero-order valence-electron chi connectivity index (χ0n) is 19.1. The highest BCUT2D eigenvalue weighted by Crippen LogP contribution is 2.20. The van der Waals surface area contributed by atoms with Crippen molar-refractivity contribution < 1.29 is 23.5 Å². The maximum Gasteiger partial charge on any atom is 0.344 e. The number of ether oxygens (including phenoxy) is 2. The van der Waals surface area contributed by atoms with Gasteiger partial charge in [-0.25, -0.2) is 9.59 Å². The molecule has 0 saturated heterocycles. The number of ketones is 1. The van der Waals surface area contributed by atoms with Gasteiger partial charge in [0.1, 0.15) is 11.3 Å². The van der Waals surface area contributed by atoms with Crippen molar-refractivity contribution in [1.29, 1.82) is 0 Å². The van der Waals surface area contributed by atoms with Crippen molar-refractivity contribution in [2.24, 2.45) is 0 Å². The number of hydrogen-bond donors (Lipinski definition) is 0. The predicted octanol–water partition coefficient (Wildman–Crippen LogP) is 4.26. The Kier molecular flexibility index (Phi) is 6.92. The molecule has 2 aromatic heterocycles. The normalized spacial score (nSPS) is 10.9. The third-order valence-electron chi connectivity index (χ3n) is 5.66. The first-order valence-corrected chi connectivity index (χ1v) is 11.0. The number of Topliss-reactive ketones (excluding diaryl/α,β-unsaturated/α-hetero) is 1. The first-order chi connectivity index (χ1) is 16.4. The molecule has 0 aliphatic heterocycles. The number of fused-ring (bicyclic) bond motifs is 1. The van der Waals surface area contributed by atoms with Crippen LogP contribution in [0.1, 0.15) is 27.3 Å². The van der Waals surface area contributed by atoms with Crippen LogP contribution in [0.5, 0.6) is 5.75 Å². The Bertz CT molecular complexity index is 1380.